The Morgan fingerprint density at radius 1 is 1.09 bits per heavy atom. The van der Waals surface area contributed by atoms with E-state index in [2.05, 4.69) is 25.3 Å². The summed E-state index contributed by atoms with van der Waals surface area (Å²) in [7, 11) is 0. The van der Waals surface area contributed by atoms with Gasteiger partial charge in [-0.3, -0.25) is 9.78 Å². The standard InChI is InChI=1S/C34H37ClN6O2/c1-7-28(42)39-17-22(6)40(18-21(39)5)32-26-16-27(35)30(25-11-9-8-10-20(25)4)37-33(26)41(34(43)38-32)31-24(19(2)3)14-15-36-29(31)23-12-13-23/h7-11,14-16,19,21-23H,1,12-13,17-18H2,2-6H3. The van der Waals surface area contributed by atoms with E-state index in [4.69, 9.17) is 26.6 Å². The summed E-state index contributed by atoms with van der Waals surface area (Å²) in [6, 6.07) is 11.7. The topological polar surface area (TPSA) is 84.2 Å². The number of carbonyl (C=O) groups excluding carboxylic acids is 1. The Balaban J connectivity index is 1.65. The van der Waals surface area contributed by atoms with Gasteiger partial charge in [-0.05, 0) is 68.9 Å². The quantitative estimate of drug-likeness (QED) is 0.239. The molecule has 0 bridgehead atoms. The van der Waals surface area contributed by atoms with E-state index >= 15 is 0 Å². The molecule has 0 spiro atoms. The minimum absolute atomic E-state index is 0.104. The van der Waals surface area contributed by atoms with Crippen LogP contribution in [0.3, 0.4) is 0 Å². The van der Waals surface area contributed by atoms with Crippen molar-refractivity contribution in [2.24, 2.45) is 0 Å². The zero-order valence-corrected chi connectivity index (χ0v) is 26.1. The van der Waals surface area contributed by atoms with Gasteiger partial charge in [0.15, 0.2) is 5.65 Å². The van der Waals surface area contributed by atoms with Crippen LogP contribution in [-0.4, -0.2) is 55.5 Å². The zero-order valence-electron chi connectivity index (χ0n) is 25.3. The summed E-state index contributed by atoms with van der Waals surface area (Å²) in [5.74, 6) is 0.867. The number of rotatable bonds is 6. The molecule has 0 N–H and O–H groups in total. The van der Waals surface area contributed by atoms with Crippen LogP contribution in [0, 0.1) is 6.92 Å². The summed E-state index contributed by atoms with van der Waals surface area (Å²) >= 11 is 7.01. The van der Waals surface area contributed by atoms with Crippen LogP contribution in [0.1, 0.15) is 69.2 Å². The first kappa shape index (κ1) is 29.1. The maximum absolute atomic E-state index is 14.3. The van der Waals surface area contributed by atoms with Gasteiger partial charge in [0.2, 0.25) is 5.91 Å². The number of aryl methyl sites for hydroxylation is 1. The molecule has 222 valence electrons. The van der Waals surface area contributed by atoms with Crippen LogP contribution >= 0.6 is 11.6 Å². The maximum Gasteiger partial charge on any atom is 0.355 e. The van der Waals surface area contributed by atoms with Gasteiger partial charge in [0.25, 0.3) is 0 Å². The van der Waals surface area contributed by atoms with Crippen molar-refractivity contribution >= 4 is 34.4 Å². The fraction of sp³-hybridized carbons (Fsp3) is 0.382. The van der Waals surface area contributed by atoms with E-state index in [1.54, 1.807) is 4.57 Å². The monoisotopic (exact) mass is 596 g/mol. The molecule has 1 aliphatic heterocycles. The van der Waals surface area contributed by atoms with Crippen molar-refractivity contribution in [3.63, 3.8) is 0 Å². The average molecular weight is 597 g/mol. The summed E-state index contributed by atoms with van der Waals surface area (Å²) in [6.45, 7) is 15.0. The number of anilines is 1. The van der Waals surface area contributed by atoms with E-state index in [-0.39, 0.29) is 23.9 Å². The van der Waals surface area contributed by atoms with Crippen molar-refractivity contribution in [3.05, 3.63) is 87.6 Å². The van der Waals surface area contributed by atoms with Gasteiger partial charge in [0.05, 0.1) is 27.5 Å². The van der Waals surface area contributed by atoms with Crippen molar-refractivity contribution in [1.29, 1.82) is 0 Å². The van der Waals surface area contributed by atoms with E-state index in [0.29, 0.717) is 46.6 Å². The third-order valence-corrected chi connectivity index (χ3v) is 9.00. The van der Waals surface area contributed by atoms with Crippen molar-refractivity contribution in [2.45, 2.75) is 71.4 Å². The SMILES string of the molecule is C=CC(=O)N1CC(C)N(c2nc(=O)n(-c3c(C(C)C)ccnc3C3CC3)c3nc(-c4ccccc4C)c(Cl)cc23)CC1C. The van der Waals surface area contributed by atoms with Gasteiger partial charge in [0, 0.05) is 42.9 Å². The van der Waals surface area contributed by atoms with Crippen molar-refractivity contribution in [3.8, 4) is 16.9 Å². The molecule has 1 saturated heterocycles. The molecule has 0 radical (unpaired) electrons. The number of fused-ring (bicyclic) bond motifs is 1. The molecule has 1 aliphatic carbocycles. The third-order valence-electron chi connectivity index (χ3n) is 8.71. The van der Waals surface area contributed by atoms with Crippen LogP contribution in [0.25, 0.3) is 28.0 Å². The van der Waals surface area contributed by atoms with Crippen LogP contribution < -0.4 is 10.6 Å². The highest BCUT2D eigenvalue weighted by Gasteiger charge is 2.35. The molecular weight excluding hydrogens is 560 g/mol. The Labute approximate surface area is 257 Å². The van der Waals surface area contributed by atoms with Gasteiger partial charge < -0.3 is 9.80 Å². The minimum atomic E-state index is -0.408. The van der Waals surface area contributed by atoms with E-state index in [1.165, 1.54) is 6.08 Å². The smallest absolute Gasteiger partial charge is 0.349 e. The number of amides is 1. The molecule has 43 heavy (non-hydrogen) atoms. The van der Waals surface area contributed by atoms with Crippen LogP contribution in [0.5, 0.6) is 0 Å². The molecule has 2 fully saturated rings. The number of nitrogens with zero attached hydrogens (tertiary/aromatic N) is 6. The van der Waals surface area contributed by atoms with Gasteiger partial charge in [-0.1, -0.05) is 56.3 Å². The number of carbonyl (C=O) groups is 1. The van der Waals surface area contributed by atoms with E-state index in [0.717, 1.165) is 40.9 Å². The minimum Gasteiger partial charge on any atom is -0.349 e. The molecular formula is C34H37ClN6O2. The molecule has 9 heteroatoms. The highest BCUT2D eigenvalue weighted by molar-refractivity contribution is 6.34. The van der Waals surface area contributed by atoms with Gasteiger partial charge in [-0.15, -0.1) is 0 Å². The van der Waals surface area contributed by atoms with Crippen molar-refractivity contribution in [2.75, 3.05) is 18.0 Å². The Morgan fingerprint density at radius 3 is 2.51 bits per heavy atom. The summed E-state index contributed by atoms with van der Waals surface area (Å²) < 4.78 is 1.67. The summed E-state index contributed by atoms with van der Waals surface area (Å²) in [6.07, 6.45) is 5.27. The number of benzene rings is 1. The second-order valence-electron chi connectivity index (χ2n) is 12.2. The van der Waals surface area contributed by atoms with Crippen LogP contribution in [0.4, 0.5) is 5.82 Å². The first-order valence-corrected chi connectivity index (χ1v) is 15.4. The molecule has 6 rings (SSSR count). The van der Waals surface area contributed by atoms with Crippen molar-refractivity contribution < 1.29 is 4.79 Å². The van der Waals surface area contributed by atoms with Crippen LogP contribution in [0.15, 0.2) is 60.0 Å². The van der Waals surface area contributed by atoms with Gasteiger partial charge in [0.1, 0.15) is 5.82 Å². The Bertz CT molecular complexity index is 1790. The fourth-order valence-electron chi connectivity index (χ4n) is 6.25. The lowest BCUT2D eigenvalue weighted by Crippen LogP contribution is -2.58. The van der Waals surface area contributed by atoms with Gasteiger partial charge in [-0.2, -0.15) is 4.98 Å². The van der Waals surface area contributed by atoms with Crippen LogP contribution in [-0.2, 0) is 4.79 Å². The van der Waals surface area contributed by atoms with E-state index in [1.807, 2.05) is 68.3 Å². The highest BCUT2D eigenvalue weighted by atomic mass is 35.5. The number of aromatic nitrogens is 4. The van der Waals surface area contributed by atoms with Gasteiger partial charge in [-0.25, -0.2) is 14.3 Å². The van der Waals surface area contributed by atoms with Crippen LogP contribution in [0.2, 0.25) is 5.02 Å². The highest BCUT2D eigenvalue weighted by Crippen LogP contribution is 2.44. The molecule has 2 aliphatic rings. The molecule has 4 aromatic rings. The maximum atomic E-state index is 14.3. The number of pyridine rings is 2. The lowest BCUT2D eigenvalue weighted by Gasteiger charge is -2.44. The molecule has 2 atom stereocenters. The molecule has 1 aromatic carbocycles. The Hall–Kier alpha value is -4.04. The first-order chi connectivity index (χ1) is 20.6. The molecule has 1 saturated carbocycles. The van der Waals surface area contributed by atoms with Crippen molar-refractivity contribution in [1.82, 2.24) is 24.4 Å². The van der Waals surface area contributed by atoms with Gasteiger partial charge >= 0.3 is 5.69 Å². The number of hydrogen-bond donors (Lipinski definition) is 0. The number of hydrogen-bond acceptors (Lipinski definition) is 6. The fourth-order valence-corrected chi connectivity index (χ4v) is 6.50. The van der Waals surface area contributed by atoms with E-state index in [9.17, 15) is 9.59 Å². The summed E-state index contributed by atoms with van der Waals surface area (Å²) in [5.41, 5.74) is 5.37. The second kappa shape index (κ2) is 11.2. The first-order valence-electron chi connectivity index (χ1n) is 15.0. The largest absolute Gasteiger partial charge is 0.355 e. The summed E-state index contributed by atoms with van der Waals surface area (Å²) in [4.78, 5) is 45.5. The average Bonchev–Trinajstić information content (AvgIpc) is 3.83. The zero-order chi connectivity index (χ0) is 30.6. The second-order valence-corrected chi connectivity index (χ2v) is 12.6. The molecule has 2 unspecified atom stereocenters. The lowest BCUT2D eigenvalue weighted by molar-refractivity contribution is -0.128. The predicted octanol–water partition coefficient (Wildman–Crippen LogP) is 6.42. The molecule has 3 aromatic heterocycles. The molecule has 1 amide bonds. The Morgan fingerprint density at radius 2 is 1.84 bits per heavy atom. The Kier molecular flexibility index (Phi) is 7.59. The summed E-state index contributed by atoms with van der Waals surface area (Å²) in [5, 5.41) is 1.17. The van der Waals surface area contributed by atoms with E-state index < -0.39 is 5.69 Å². The molecule has 8 nitrogen and oxygen atoms in total. The third kappa shape index (κ3) is 5.12. The lowest BCUT2D eigenvalue weighted by atomic mass is 9.99. The normalized spacial score (nSPS) is 18.9. The number of halogens is 1. The number of piperazine rings is 1. The predicted molar refractivity (Wildman–Crippen MR) is 172 cm³/mol. The molecule has 4 heterocycles.